The number of pyridine rings is 1. The summed E-state index contributed by atoms with van der Waals surface area (Å²) >= 11 is 0. The lowest BCUT2D eigenvalue weighted by molar-refractivity contribution is -0.129. The van der Waals surface area contributed by atoms with Crippen molar-refractivity contribution in [3.8, 4) is 11.3 Å². The molecule has 0 bridgehead atoms. The topological polar surface area (TPSA) is 81.4 Å². The molecule has 0 fully saturated rings. The zero-order chi connectivity index (χ0) is 21.8. The first-order valence-corrected chi connectivity index (χ1v) is 9.68. The molecular weight excluding hydrogens is 399 g/mol. The van der Waals surface area contributed by atoms with Crippen molar-refractivity contribution >= 4 is 22.8 Å². The number of nitrogens with zero attached hydrogens (tertiary/aromatic N) is 1. The minimum Gasteiger partial charge on any atom is -0.467 e. The quantitative estimate of drug-likeness (QED) is 0.467. The number of carbonyl (C=O) groups excluding carboxylic acids is 2. The standard InChI is InChI=1S/C24H19FN2O4/c1-15(23(28)26-14-18-5-4-12-30-18)31-24(29)20-13-22(16-8-10-17(25)11-9-16)27-21-7-3-2-6-19(20)21/h2-13,15H,14H2,1H3,(H,26,28)/t15-/m0/s1. The van der Waals surface area contributed by atoms with E-state index in [0.717, 1.165) is 0 Å². The maximum atomic E-state index is 13.3. The van der Waals surface area contributed by atoms with E-state index in [-0.39, 0.29) is 17.9 Å². The lowest BCUT2D eigenvalue weighted by Gasteiger charge is -2.15. The van der Waals surface area contributed by atoms with Gasteiger partial charge in [-0.15, -0.1) is 0 Å². The van der Waals surface area contributed by atoms with E-state index in [4.69, 9.17) is 9.15 Å². The Morgan fingerprint density at radius 1 is 1.10 bits per heavy atom. The minimum absolute atomic E-state index is 0.195. The second-order valence-corrected chi connectivity index (χ2v) is 6.92. The number of hydrogen-bond donors (Lipinski definition) is 1. The molecule has 0 spiro atoms. The number of carbonyl (C=O) groups is 2. The molecule has 0 saturated carbocycles. The van der Waals surface area contributed by atoms with Crippen molar-refractivity contribution in [3.05, 3.63) is 90.1 Å². The Balaban J connectivity index is 1.57. The van der Waals surface area contributed by atoms with Gasteiger partial charge in [0.15, 0.2) is 6.10 Å². The highest BCUT2D eigenvalue weighted by Crippen LogP contribution is 2.26. The maximum Gasteiger partial charge on any atom is 0.339 e. The van der Waals surface area contributed by atoms with Crippen LogP contribution in [0.4, 0.5) is 4.39 Å². The van der Waals surface area contributed by atoms with Crippen molar-refractivity contribution in [2.45, 2.75) is 19.6 Å². The SMILES string of the molecule is C[C@H](OC(=O)c1cc(-c2ccc(F)cc2)nc2ccccc12)C(=O)NCc1ccco1. The molecular formula is C24H19FN2O4. The molecule has 4 aromatic rings. The highest BCUT2D eigenvalue weighted by Gasteiger charge is 2.21. The summed E-state index contributed by atoms with van der Waals surface area (Å²) in [7, 11) is 0. The number of furan rings is 1. The number of halogens is 1. The Labute approximate surface area is 177 Å². The number of amides is 1. The summed E-state index contributed by atoms with van der Waals surface area (Å²) in [5, 5.41) is 3.26. The van der Waals surface area contributed by atoms with Gasteiger partial charge in [0.2, 0.25) is 0 Å². The maximum absolute atomic E-state index is 13.3. The number of benzene rings is 2. The second kappa shape index (κ2) is 8.79. The Morgan fingerprint density at radius 2 is 1.87 bits per heavy atom. The fraction of sp³-hybridized carbons (Fsp3) is 0.125. The van der Waals surface area contributed by atoms with E-state index in [0.29, 0.717) is 27.9 Å². The van der Waals surface area contributed by atoms with Crippen LogP contribution in [0.15, 0.2) is 77.4 Å². The second-order valence-electron chi connectivity index (χ2n) is 6.92. The van der Waals surface area contributed by atoms with Gasteiger partial charge >= 0.3 is 5.97 Å². The van der Waals surface area contributed by atoms with Crippen LogP contribution < -0.4 is 5.32 Å². The van der Waals surface area contributed by atoms with E-state index in [1.54, 1.807) is 48.5 Å². The predicted molar refractivity (Wildman–Crippen MR) is 113 cm³/mol. The number of para-hydroxylation sites is 1. The molecule has 156 valence electrons. The third-order valence-electron chi connectivity index (χ3n) is 4.75. The third-order valence-corrected chi connectivity index (χ3v) is 4.75. The van der Waals surface area contributed by atoms with Gasteiger partial charge in [-0.2, -0.15) is 0 Å². The largest absolute Gasteiger partial charge is 0.467 e. The number of hydrogen-bond acceptors (Lipinski definition) is 5. The van der Waals surface area contributed by atoms with Crippen LogP contribution in [0, 0.1) is 5.82 Å². The fourth-order valence-electron chi connectivity index (χ4n) is 3.12. The van der Waals surface area contributed by atoms with Gasteiger partial charge in [-0.05, 0) is 55.5 Å². The molecule has 1 N–H and O–H groups in total. The van der Waals surface area contributed by atoms with Crippen LogP contribution in [0.1, 0.15) is 23.0 Å². The lowest BCUT2D eigenvalue weighted by Crippen LogP contribution is -2.35. The molecule has 31 heavy (non-hydrogen) atoms. The fourth-order valence-corrected chi connectivity index (χ4v) is 3.12. The summed E-state index contributed by atoms with van der Waals surface area (Å²) in [6, 6.07) is 18.0. The molecule has 0 radical (unpaired) electrons. The van der Waals surface area contributed by atoms with Crippen molar-refractivity contribution in [1.82, 2.24) is 10.3 Å². The van der Waals surface area contributed by atoms with Crippen LogP contribution in [0.25, 0.3) is 22.2 Å². The van der Waals surface area contributed by atoms with E-state index >= 15 is 0 Å². The molecule has 0 aliphatic rings. The zero-order valence-corrected chi connectivity index (χ0v) is 16.7. The molecule has 0 saturated heterocycles. The first-order valence-electron chi connectivity index (χ1n) is 9.68. The molecule has 0 aliphatic carbocycles. The Kier molecular flexibility index (Phi) is 5.75. The van der Waals surface area contributed by atoms with Gasteiger partial charge in [0.05, 0.1) is 29.6 Å². The summed E-state index contributed by atoms with van der Waals surface area (Å²) in [4.78, 5) is 29.8. The number of rotatable bonds is 6. The summed E-state index contributed by atoms with van der Waals surface area (Å²) in [6.07, 6.45) is 0.502. The van der Waals surface area contributed by atoms with Gasteiger partial charge in [-0.1, -0.05) is 18.2 Å². The molecule has 2 heterocycles. The number of esters is 1. The zero-order valence-electron chi connectivity index (χ0n) is 16.7. The van der Waals surface area contributed by atoms with Crippen LogP contribution in [-0.4, -0.2) is 23.0 Å². The van der Waals surface area contributed by atoms with E-state index in [1.165, 1.54) is 25.3 Å². The van der Waals surface area contributed by atoms with Gasteiger partial charge in [-0.25, -0.2) is 14.2 Å². The number of fused-ring (bicyclic) bond motifs is 1. The third kappa shape index (κ3) is 4.61. The average molecular weight is 418 g/mol. The van der Waals surface area contributed by atoms with Crippen LogP contribution in [0.5, 0.6) is 0 Å². The van der Waals surface area contributed by atoms with E-state index in [9.17, 15) is 14.0 Å². The molecule has 0 aliphatic heterocycles. The van der Waals surface area contributed by atoms with Crippen molar-refractivity contribution < 1.29 is 23.1 Å². The van der Waals surface area contributed by atoms with E-state index in [2.05, 4.69) is 10.3 Å². The van der Waals surface area contributed by atoms with Crippen LogP contribution >= 0.6 is 0 Å². The highest BCUT2D eigenvalue weighted by atomic mass is 19.1. The molecule has 7 heteroatoms. The smallest absolute Gasteiger partial charge is 0.339 e. The predicted octanol–water partition coefficient (Wildman–Crippen LogP) is 4.50. The van der Waals surface area contributed by atoms with Crippen LogP contribution in [-0.2, 0) is 16.1 Å². The minimum atomic E-state index is -1.01. The Bertz CT molecular complexity index is 1220. The molecule has 2 aromatic heterocycles. The van der Waals surface area contributed by atoms with Gasteiger partial charge < -0.3 is 14.5 Å². The number of ether oxygens (including phenoxy) is 1. The number of nitrogens with one attached hydrogen (secondary N) is 1. The first-order chi connectivity index (χ1) is 15.0. The van der Waals surface area contributed by atoms with Crippen molar-refractivity contribution in [1.29, 1.82) is 0 Å². The van der Waals surface area contributed by atoms with Crippen molar-refractivity contribution in [2.24, 2.45) is 0 Å². The lowest BCUT2D eigenvalue weighted by atomic mass is 10.0. The van der Waals surface area contributed by atoms with Gasteiger partial charge in [-0.3, -0.25) is 4.79 Å². The molecule has 4 rings (SSSR count). The van der Waals surface area contributed by atoms with Crippen LogP contribution in [0.2, 0.25) is 0 Å². The summed E-state index contributed by atoms with van der Waals surface area (Å²) in [5.41, 5.74) is 2.02. The van der Waals surface area contributed by atoms with Gasteiger partial charge in [0.25, 0.3) is 5.91 Å². The molecule has 0 unspecified atom stereocenters. The van der Waals surface area contributed by atoms with Crippen molar-refractivity contribution in [2.75, 3.05) is 0 Å². The summed E-state index contributed by atoms with van der Waals surface area (Å²) in [5.74, 6) is -0.862. The number of aromatic nitrogens is 1. The molecule has 2 aromatic carbocycles. The normalized spacial score (nSPS) is 11.8. The Morgan fingerprint density at radius 3 is 2.61 bits per heavy atom. The van der Waals surface area contributed by atoms with Crippen molar-refractivity contribution in [3.63, 3.8) is 0 Å². The molecule has 1 atom stereocenters. The molecule has 6 nitrogen and oxygen atoms in total. The van der Waals surface area contributed by atoms with Gasteiger partial charge in [0.1, 0.15) is 11.6 Å². The average Bonchev–Trinajstić information content (AvgIpc) is 3.30. The van der Waals surface area contributed by atoms with Crippen LogP contribution in [0.3, 0.4) is 0 Å². The summed E-state index contributed by atoms with van der Waals surface area (Å²) in [6.45, 7) is 1.69. The summed E-state index contributed by atoms with van der Waals surface area (Å²) < 4.78 is 23.9. The molecule has 1 amide bonds. The Hall–Kier alpha value is -4.00. The van der Waals surface area contributed by atoms with E-state index < -0.39 is 18.0 Å². The monoisotopic (exact) mass is 418 g/mol. The van der Waals surface area contributed by atoms with Gasteiger partial charge in [0, 0.05) is 10.9 Å². The highest BCUT2D eigenvalue weighted by molar-refractivity contribution is 6.05. The first kappa shape index (κ1) is 20.3. The van der Waals surface area contributed by atoms with E-state index in [1.807, 2.05) is 6.07 Å².